The second-order valence-electron chi connectivity index (χ2n) is 9.33. The van der Waals surface area contributed by atoms with Gasteiger partial charge in [0.2, 0.25) is 11.8 Å². The summed E-state index contributed by atoms with van der Waals surface area (Å²) in [6, 6.07) is 6.03. The minimum Gasteiger partial charge on any atom is -0.332 e. The van der Waals surface area contributed by atoms with Crippen molar-refractivity contribution in [3.63, 3.8) is 0 Å². The Bertz CT molecular complexity index is 874. The normalized spacial score (nSPS) is 24.6. The molecular formula is C24H35N5O3S. The predicted molar refractivity (Wildman–Crippen MR) is 133 cm³/mol. The number of unbranched alkanes of at least 4 members (excludes halogenated alkanes) is 1. The highest BCUT2D eigenvalue weighted by Crippen LogP contribution is 2.33. The lowest BCUT2D eigenvalue weighted by Gasteiger charge is -2.25. The molecular weight excluding hydrogens is 438 g/mol. The second kappa shape index (κ2) is 11.2. The monoisotopic (exact) mass is 473 g/mol. The number of nitrogens with zero attached hydrogens (tertiary/aromatic N) is 1. The molecule has 3 heterocycles. The smallest absolute Gasteiger partial charge is 0.315 e. The van der Waals surface area contributed by atoms with Gasteiger partial charge in [-0.2, -0.15) is 11.8 Å². The van der Waals surface area contributed by atoms with E-state index in [0.29, 0.717) is 23.9 Å². The summed E-state index contributed by atoms with van der Waals surface area (Å²) in [5.74, 6) is 0.931. The summed E-state index contributed by atoms with van der Waals surface area (Å²) in [6.07, 6.45) is 6.78. The molecule has 0 aromatic heterocycles. The lowest BCUT2D eigenvalue weighted by Crippen LogP contribution is -2.36. The summed E-state index contributed by atoms with van der Waals surface area (Å²) in [6.45, 7) is 4.33. The molecule has 3 aliphatic heterocycles. The summed E-state index contributed by atoms with van der Waals surface area (Å²) in [5.41, 5.74) is 2.42. The van der Waals surface area contributed by atoms with E-state index < -0.39 is 0 Å². The molecule has 0 bridgehead atoms. The number of piperidine rings is 1. The fourth-order valence-corrected chi connectivity index (χ4v) is 6.39. The number of likely N-dealkylation sites (tertiary alicyclic amines) is 1. The SMILES string of the molecule is Cc1ccc(NC(=O)CCCC[C@@H]2SC[C@@H]3NC(=O)N[C@@H]32)cc1NC(=O)CN1CCCCC1. The van der Waals surface area contributed by atoms with Gasteiger partial charge in [-0.3, -0.25) is 14.5 Å². The van der Waals surface area contributed by atoms with Crippen LogP contribution in [0.4, 0.5) is 16.2 Å². The van der Waals surface area contributed by atoms with Crippen LogP contribution in [0.2, 0.25) is 0 Å². The number of urea groups is 1. The van der Waals surface area contributed by atoms with Crippen molar-refractivity contribution in [2.24, 2.45) is 0 Å². The quantitative estimate of drug-likeness (QED) is 0.326. The standard InChI is InChI=1S/C24H35N5O3S/c1-16-9-10-17(13-18(16)26-22(31)14-29-11-5-2-6-12-29)25-21(30)8-4-3-7-20-23-19(15-33-20)27-24(32)28-23/h9-10,13,19-20,23H,2-8,11-12,14-15H2,1H3,(H,25,30)(H,26,31)(H2,27,28,32)/t19-,20-,23-/m0/s1. The van der Waals surface area contributed by atoms with Crippen molar-refractivity contribution in [2.75, 3.05) is 36.0 Å². The molecule has 3 fully saturated rings. The molecule has 1 aromatic carbocycles. The van der Waals surface area contributed by atoms with Crippen molar-refractivity contribution in [3.05, 3.63) is 23.8 Å². The number of aryl methyl sites for hydroxylation is 1. The Hall–Kier alpha value is -2.26. The highest BCUT2D eigenvalue weighted by molar-refractivity contribution is 8.00. The minimum atomic E-state index is -0.0603. The predicted octanol–water partition coefficient (Wildman–Crippen LogP) is 3.08. The Morgan fingerprint density at radius 3 is 2.73 bits per heavy atom. The van der Waals surface area contributed by atoms with Gasteiger partial charge >= 0.3 is 6.03 Å². The number of nitrogens with one attached hydrogen (secondary N) is 4. The van der Waals surface area contributed by atoms with Gasteiger partial charge in [-0.05, 0) is 63.4 Å². The highest BCUT2D eigenvalue weighted by atomic mass is 32.2. The number of rotatable bonds is 9. The molecule has 3 saturated heterocycles. The maximum atomic E-state index is 12.5. The lowest BCUT2D eigenvalue weighted by molar-refractivity contribution is -0.117. The van der Waals surface area contributed by atoms with Gasteiger partial charge in [-0.15, -0.1) is 0 Å². The van der Waals surface area contributed by atoms with Crippen LogP contribution >= 0.6 is 11.8 Å². The number of carbonyl (C=O) groups excluding carboxylic acids is 3. The Morgan fingerprint density at radius 2 is 1.91 bits per heavy atom. The van der Waals surface area contributed by atoms with E-state index >= 15 is 0 Å². The van der Waals surface area contributed by atoms with Crippen LogP contribution in [0.1, 0.15) is 50.5 Å². The number of hydrogen-bond donors (Lipinski definition) is 4. The number of thioether (sulfide) groups is 1. The molecule has 3 aliphatic rings. The topological polar surface area (TPSA) is 103 Å². The third-order valence-electron chi connectivity index (χ3n) is 6.69. The molecule has 0 unspecified atom stereocenters. The van der Waals surface area contributed by atoms with Crippen LogP contribution in [0.25, 0.3) is 0 Å². The first-order chi connectivity index (χ1) is 16.0. The Kier molecular flexibility index (Phi) is 8.14. The van der Waals surface area contributed by atoms with E-state index in [1.54, 1.807) is 0 Å². The third kappa shape index (κ3) is 6.63. The zero-order valence-electron chi connectivity index (χ0n) is 19.3. The second-order valence-corrected chi connectivity index (χ2v) is 10.6. The summed E-state index contributed by atoms with van der Waals surface area (Å²) in [7, 11) is 0. The van der Waals surface area contributed by atoms with E-state index in [4.69, 9.17) is 0 Å². The van der Waals surface area contributed by atoms with Crippen LogP contribution in [-0.4, -0.2) is 65.5 Å². The average Bonchev–Trinajstić information content (AvgIpc) is 3.33. The molecule has 4 amide bonds. The highest BCUT2D eigenvalue weighted by Gasteiger charge is 2.42. The first kappa shape index (κ1) is 23.9. The fourth-order valence-electron chi connectivity index (χ4n) is 4.84. The van der Waals surface area contributed by atoms with Crippen LogP contribution < -0.4 is 21.3 Å². The molecule has 180 valence electrons. The van der Waals surface area contributed by atoms with Crippen LogP contribution in [0.5, 0.6) is 0 Å². The van der Waals surface area contributed by atoms with E-state index in [9.17, 15) is 14.4 Å². The van der Waals surface area contributed by atoms with E-state index in [-0.39, 0.29) is 29.9 Å². The molecule has 0 spiro atoms. The molecule has 8 nitrogen and oxygen atoms in total. The zero-order chi connectivity index (χ0) is 23.2. The Labute approximate surface area is 200 Å². The van der Waals surface area contributed by atoms with Crippen LogP contribution in [0.15, 0.2) is 18.2 Å². The van der Waals surface area contributed by atoms with Crippen molar-refractivity contribution in [1.29, 1.82) is 0 Å². The number of anilines is 2. The van der Waals surface area contributed by atoms with E-state index in [1.165, 1.54) is 6.42 Å². The molecule has 33 heavy (non-hydrogen) atoms. The van der Waals surface area contributed by atoms with Crippen molar-refractivity contribution >= 4 is 41.0 Å². The largest absolute Gasteiger partial charge is 0.332 e. The Morgan fingerprint density at radius 1 is 1.09 bits per heavy atom. The number of carbonyl (C=O) groups is 3. The van der Waals surface area contributed by atoms with Crippen molar-refractivity contribution < 1.29 is 14.4 Å². The van der Waals surface area contributed by atoms with E-state index in [0.717, 1.165) is 62.2 Å². The van der Waals surface area contributed by atoms with Gasteiger partial charge < -0.3 is 21.3 Å². The van der Waals surface area contributed by atoms with Crippen molar-refractivity contribution in [1.82, 2.24) is 15.5 Å². The van der Waals surface area contributed by atoms with Crippen LogP contribution in [0, 0.1) is 6.92 Å². The third-order valence-corrected chi connectivity index (χ3v) is 8.20. The fraction of sp³-hybridized carbons (Fsp3) is 0.625. The maximum Gasteiger partial charge on any atom is 0.315 e. The zero-order valence-corrected chi connectivity index (χ0v) is 20.1. The number of hydrogen-bond acceptors (Lipinski definition) is 5. The maximum absolute atomic E-state index is 12.5. The van der Waals surface area contributed by atoms with Crippen molar-refractivity contribution in [3.8, 4) is 0 Å². The van der Waals surface area contributed by atoms with Crippen LogP contribution in [-0.2, 0) is 9.59 Å². The molecule has 9 heteroatoms. The number of fused-ring (bicyclic) bond motifs is 1. The summed E-state index contributed by atoms with van der Waals surface area (Å²) in [5, 5.41) is 12.4. The molecule has 1 aromatic rings. The Balaban J connectivity index is 1.18. The van der Waals surface area contributed by atoms with Gasteiger partial charge in [0.05, 0.1) is 18.6 Å². The lowest BCUT2D eigenvalue weighted by atomic mass is 10.0. The van der Waals surface area contributed by atoms with Crippen molar-refractivity contribution in [2.45, 2.75) is 69.2 Å². The molecule has 4 N–H and O–H groups in total. The van der Waals surface area contributed by atoms with Crippen LogP contribution in [0.3, 0.4) is 0 Å². The van der Waals surface area contributed by atoms with Gasteiger partial charge in [-0.1, -0.05) is 18.9 Å². The minimum absolute atomic E-state index is 0.0100. The van der Waals surface area contributed by atoms with E-state index in [1.807, 2.05) is 36.9 Å². The first-order valence-electron chi connectivity index (χ1n) is 12.1. The van der Waals surface area contributed by atoms with Gasteiger partial charge in [0, 0.05) is 28.8 Å². The first-order valence-corrected chi connectivity index (χ1v) is 13.1. The summed E-state index contributed by atoms with van der Waals surface area (Å²) >= 11 is 1.90. The number of benzene rings is 1. The van der Waals surface area contributed by atoms with Gasteiger partial charge in [-0.25, -0.2) is 4.79 Å². The average molecular weight is 474 g/mol. The number of amides is 4. The summed E-state index contributed by atoms with van der Waals surface area (Å²) in [4.78, 5) is 38.6. The van der Waals surface area contributed by atoms with E-state index in [2.05, 4.69) is 26.2 Å². The van der Waals surface area contributed by atoms with Gasteiger partial charge in [0.25, 0.3) is 0 Å². The summed E-state index contributed by atoms with van der Waals surface area (Å²) < 4.78 is 0. The molecule has 0 saturated carbocycles. The van der Waals surface area contributed by atoms with Gasteiger partial charge in [0.15, 0.2) is 0 Å². The molecule has 0 aliphatic carbocycles. The molecule has 4 rings (SSSR count). The molecule has 3 atom stereocenters. The molecule has 0 radical (unpaired) electrons. The van der Waals surface area contributed by atoms with Gasteiger partial charge in [0.1, 0.15) is 0 Å².